The highest BCUT2D eigenvalue weighted by Crippen LogP contribution is 2.17. The van der Waals surface area contributed by atoms with Crippen molar-refractivity contribution in [3.05, 3.63) is 46.9 Å². The lowest BCUT2D eigenvalue weighted by molar-refractivity contribution is -0.113. The van der Waals surface area contributed by atoms with E-state index >= 15 is 0 Å². The number of hydrogen-bond donors (Lipinski definition) is 2. The minimum Gasteiger partial charge on any atom is -0.328 e. The van der Waals surface area contributed by atoms with Gasteiger partial charge in [0, 0.05) is 24.5 Å². The first-order valence-electron chi connectivity index (χ1n) is 6.92. The highest BCUT2D eigenvalue weighted by molar-refractivity contribution is 7.99. The van der Waals surface area contributed by atoms with Gasteiger partial charge in [0.25, 0.3) is 5.56 Å². The number of carbonyl (C=O) groups excluding carboxylic acids is 1. The molecule has 0 saturated heterocycles. The van der Waals surface area contributed by atoms with E-state index in [1.807, 2.05) is 6.92 Å². The lowest BCUT2D eigenvalue weighted by Crippen LogP contribution is -2.18. The third kappa shape index (κ3) is 4.91. The van der Waals surface area contributed by atoms with Gasteiger partial charge in [-0.1, -0.05) is 17.8 Å². The van der Waals surface area contributed by atoms with Crippen molar-refractivity contribution in [3.63, 3.8) is 0 Å². The fourth-order valence-electron chi connectivity index (χ4n) is 1.85. The van der Waals surface area contributed by atoms with Crippen LogP contribution in [-0.2, 0) is 21.4 Å². The highest BCUT2D eigenvalue weighted by Gasteiger charge is 2.11. The molecule has 2 rings (SSSR count). The topological polar surface area (TPSA) is 124 Å². The molecule has 0 aliphatic rings. The number of aryl methyl sites for hydroxylation is 1. The molecule has 1 amide bonds. The van der Waals surface area contributed by atoms with Gasteiger partial charge in [-0.3, -0.25) is 9.59 Å². The Hall–Kier alpha value is -2.17. The zero-order chi connectivity index (χ0) is 17.7. The van der Waals surface area contributed by atoms with E-state index < -0.39 is 10.0 Å². The number of amides is 1. The van der Waals surface area contributed by atoms with Crippen molar-refractivity contribution in [1.82, 2.24) is 9.55 Å². The Kier molecular flexibility index (Phi) is 5.75. The van der Waals surface area contributed by atoms with Crippen molar-refractivity contribution in [2.24, 2.45) is 5.14 Å². The van der Waals surface area contributed by atoms with Crippen molar-refractivity contribution < 1.29 is 13.2 Å². The van der Waals surface area contributed by atoms with Gasteiger partial charge in [-0.25, -0.2) is 13.6 Å². The molecule has 0 radical (unpaired) electrons. The van der Waals surface area contributed by atoms with E-state index in [2.05, 4.69) is 10.3 Å². The second-order valence-corrected chi connectivity index (χ2v) is 7.25. The maximum absolute atomic E-state index is 12.0. The van der Waals surface area contributed by atoms with Crippen LogP contribution in [0.4, 0.5) is 5.69 Å². The number of thioether (sulfide) groups is 1. The molecule has 128 valence electrons. The van der Waals surface area contributed by atoms with Crippen molar-refractivity contribution in [2.75, 3.05) is 11.1 Å². The molecule has 10 heteroatoms. The number of nitrogens with one attached hydrogen (secondary N) is 1. The van der Waals surface area contributed by atoms with Crippen LogP contribution < -0.4 is 16.0 Å². The molecule has 0 spiro atoms. The molecule has 0 unspecified atom stereocenters. The van der Waals surface area contributed by atoms with E-state index in [1.54, 1.807) is 16.8 Å². The molecule has 2 aromatic rings. The Morgan fingerprint density at radius 1 is 1.38 bits per heavy atom. The quantitative estimate of drug-likeness (QED) is 0.569. The molecule has 3 N–H and O–H groups in total. The van der Waals surface area contributed by atoms with Crippen LogP contribution in [0.1, 0.15) is 6.92 Å². The molecule has 0 saturated carbocycles. The van der Waals surface area contributed by atoms with Crippen LogP contribution in [0.3, 0.4) is 0 Å². The highest BCUT2D eigenvalue weighted by atomic mass is 32.2. The van der Waals surface area contributed by atoms with Crippen LogP contribution in [0.15, 0.2) is 51.4 Å². The molecule has 1 aromatic carbocycles. The minimum atomic E-state index is -3.83. The number of primary sulfonamides is 1. The van der Waals surface area contributed by atoms with Gasteiger partial charge < -0.3 is 9.88 Å². The SMILES string of the molecule is CCn1ccc(=O)nc1SCC(=O)Nc1cccc(S(N)(=O)=O)c1. The number of benzene rings is 1. The first kappa shape index (κ1) is 18.2. The number of nitrogens with zero attached hydrogens (tertiary/aromatic N) is 2. The zero-order valence-electron chi connectivity index (χ0n) is 12.8. The Bertz CT molecular complexity index is 909. The maximum atomic E-state index is 12.0. The normalized spacial score (nSPS) is 11.2. The summed E-state index contributed by atoms with van der Waals surface area (Å²) in [6.45, 7) is 2.52. The number of aromatic nitrogens is 2. The summed E-state index contributed by atoms with van der Waals surface area (Å²) >= 11 is 1.12. The van der Waals surface area contributed by atoms with Gasteiger partial charge in [0.15, 0.2) is 5.16 Å². The van der Waals surface area contributed by atoms with E-state index in [1.165, 1.54) is 24.3 Å². The molecule has 8 nitrogen and oxygen atoms in total. The molecule has 0 bridgehead atoms. The lowest BCUT2D eigenvalue weighted by Gasteiger charge is -2.09. The predicted molar refractivity (Wildman–Crippen MR) is 91.3 cm³/mol. The molecule has 0 atom stereocenters. The third-order valence-corrected chi connectivity index (χ3v) is 4.87. The number of hydrogen-bond acceptors (Lipinski definition) is 6. The van der Waals surface area contributed by atoms with E-state index in [9.17, 15) is 18.0 Å². The molecular formula is C14H16N4O4S2. The van der Waals surface area contributed by atoms with Gasteiger partial charge in [-0.05, 0) is 25.1 Å². The van der Waals surface area contributed by atoms with Gasteiger partial charge >= 0.3 is 0 Å². The Morgan fingerprint density at radius 3 is 2.79 bits per heavy atom. The number of nitrogens with two attached hydrogens (primary N) is 1. The van der Waals surface area contributed by atoms with Gasteiger partial charge in [0.05, 0.1) is 10.6 Å². The van der Waals surface area contributed by atoms with Crippen molar-refractivity contribution in [3.8, 4) is 0 Å². The second kappa shape index (κ2) is 7.60. The van der Waals surface area contributed by atoms with Gasteiger partial charge in [0.2, 0.25) is 15.9 Å². The smallest absolute Gasteiger partial charge is 0.273 e. The third-order valence-electron chi connectivity index (χ3n) is 2.97. The average molecular weight is 368 g/mol. The number of sulfonamides is 1. The monoisotopic (exact) mass is 368 g/mol. The fraction of sp³-hybridized carbons (Fsp3) is 0.214. The van der Waals surface area contributed by atoms with Crippen LogP contribution in [-0.4, -0.2) is 29.6 Å². The molecule has 0 fully saturated rings. The first-order chi connectivity index (χ1) is 11.3. The largest absolute Gasteiger partial charge is 0.328 e. The van der Waals surface area contributed by atoms with E-state index in [0.717, 1.165) is 11.8 Å². The first-order valence-corrected chi connectivity index (χ1v) is 9.46. The van der Waals surface area contributed by atoms with Crippen LogP contribution in [0.2, 0.25) is 0 Å². The summed E-state index contributed by atoms with van der Waals surface area (Å²) in [6, 6.07) is 7.01. The number of carbonyl (C=O) groups is 1. The standard InChI is InChI=1S/C14H16N4O4S2/c1-2-18-7-6-12(19)17-14(18)23-9-13(20)16-10-4-3-5-11(8-10)24(15,21)22/h3-8H,2,9H2,1H3,(H,16,20)(H2,15,21,22). The summed E-state index contributed by atoms with van der Waals surface area (Å²) < 4.78 is 24.4. The Balaban J connectivity index is 2.04. The number of rotatable bonds is 6. The summed E-state index contributed by atoms with van der Waals surface area (Å²) in [5.41, 5.74) is -0.0514. The van der Waals surface area contributed by atoms with Gasteiger partial charge in [0.1, 0.15) is 0 Å². The van der Waals surface area contributed by atoms with E-state index in [4.69, 9.17) is 5.14 Å². The van der Waals surface area contributed by atoms with E-state index in [-0.39, 0.29) is 22.1 Å². The van der Waals surface area contributed by atoms with Crippen LogP contribution in [0.25, 0.3) is 0 Å². The van der Waals surface area contributed by atoms with Crippen molar-refractivity contribution in [1.29, 1.82) is 0 Å². The summed E-state index contributed by atoms with van der Waals surface area (Å²) in [5, 5.41) is 8.08. The molecule has 1 aromatic heterocycles. The Morgan fingerprint density at radius 2 is 2.12 bits per heavy atom. The zero-order valence-corrected chi connectivity index (χ0v) is 14.4. The molecular weight excluding hydrogens is 352 g/mol. The molecule has 0 aliphatic carbocycles. The fourth-order valence-corrected chi connectivity index (χ4v) is 3.25. The van der Waals surface area contributed by atoms with Crippen molar-refractivity contribution >= 4 is 33.4 Å². The van der Waals surface area contributed by atoms with Gasteiger partial charge in [-0.2, -0.15) is 4.98 Å². The molecule has 24 heavy (non-hydrogen) atoms. The second-order valence-electron chi connectivity index (χ2n) is 4.74. The van der Waals surface area contributed by atoms with Crippen LogP contribution in [0, 0.1) is 0 Å². The van der Waals surface area contributed by atoms with Crippen molar-refractivity contribution in [2.45, 2.75) is 23.5 Å². The summed E-state index contributed by atoms with van der Waals surface area (Å²) in [7, 11) is -3.83. The maximum Gasteiger partial charge on any atom is 0.273 e. The lowest BCUT2D eigenvalue weighted by atomic mass is 10.3. The Labute approximate surface area is 143 Å². The summed E-state index contributed by atoms with van der Waals surface area (Å²) in [5.74, 6) is -0.330. The molecule has 0 aliphatic heterocycles. The predicted octanol–water partition coefficient (Wildman–Crippen LogP) is 0.641. The van der Waals surface area contributed by atoms with Crippen LogP contribution in [0.5, 0.6) is 0 Å². The summed E-state index contributed by atoms with van der Waals surface area (Å²) in [6.07, 6.45) is 1.62. The summed E-state index contributed by atoms with van der Waals surface area (Å²) in [4.78, 5) is 27.1. The minimum absolute atomic E-state index is 0.0239. The van der Waals surface area contributed by atoms with E-state index in [0.29, 0.717) is 17.4 Å². The van der Waals surface area contributed by atoms with Crippen LogP contribution >= 0.6 is 11.8 Å². The molecule has 1 heterocycles. The average Bonchev–Trinajstić information content (AvgIpc) is 2.52. The van der Waals surface area contributed by atoms with Gasteiger partial charge in [-0.15, -0.1) is 0 Å². The number of anilines is 1.